The summed E-state index contributed by atoms with van der Waals surface area (Å²) in [7, 11) is -3.67. The molecule has 0 radical (unpaired) electrons. The van der Waals surface area contributed by atoms with Gasteiger partial charge in [-0.1, -0.05) is 0 Å². The third-order valence-corrected chi connectivity index (χ3v) is 1.37. The van der Waals surface area contributed by atoms with Gasteiger partial charge in [-0.3, -0.25) is 9.39 Å². The average molecular weight is 298 g/mol. The zero-order valence-corrected chi connectivity index (χ0v) is 11.3. The third-order valence-electron chi connectivity index (χ3n) is 1.03. The summed E-state index contributed by atoms with van der Waals surface area (Å²) in [6.45, 7) is 1.58. The summed E-state index contributed by atoms with van der Waals surface area (Å²) in [5.74, 6) is 1.00. The van der Waals surface area contributed by atoms with Crippen LogP contribution in [0.3, 0.4) is 0 Å². The molecule has 0 aromatic carbocycles. The Morgan fingerprint density at radius 2 is 1.62 bits per heavy atom. The van der Waals surface area contributed by atoms with Crippen molar-refractivity contribution in [2.45, 2.75) is 0 Å². The maximum atomic E-state index is 9.19. The standard InChI is InChI=1S/C6H13Cl2NO2.CH4O3S/c7-1-3-9(4-2-8)11-6-5-10;1-5(2,3)4/h10H,1-6H2;1H3,(H,2,3,4). The van der Waals surface area contributed by atoms with Crippen LogP contribution in [-0.4, -0.2) is 67.5 Å². The van der Waals surface area contributed by atoms with Crippen molar-refractivity contribution in [3.8, 4) is 0 Å². The van der Waals surface area contributed by atoms with Crippen LogP contribution in [0.5, 0.6) is 0 Å². The predicted molar refractivity (Wildman–Crippen MR) is 63.5 cm³/mol. The molecule has 0 unspecified atom stereocenters. The highest BCUT2D eigenvalue weighted by Crippen LogP contribution is 1.92. The summed E-state index contributed by atoms with van der Waals surface area (Å²) in [6.07, 6.45) is 0.715. The molecule has 0 aliphatic rings. The van der Waals surface area contributed by atoms with E-state index in [2.05, 4.69) is 0 Å². The molecule has 9 heteroatoms. The van der Waals surface area contributed by atoms with Crippen molar-refractivity contribution in [2.24, 2.45) is 0 Å². The van der Waals surface area contributed by atoms with Crippen LogP contribution in [0.2, 0.25) is 0 Å². The number of hydrogen-bond acceptors (Lipinski definition) is 5. The summed E-state index contributed by atoms with van der Waals surface area (Å²) in [4.78, 5) is 5.09. The maximum Gasteiger partial charge on any atom is 0.261 e. The second-order valence-corrected chi connectivity index (χ2v) is 4.82. The van der Waals surface area contributed by atoms with Gasteiger partial charge in [-0.25, -0.2) is 0 Å². The van der Waals surface area contributed by atoms with Crippen molar-refractivity contribution in [3.05, 3.63) is 0 Å². The monoisotopic (exact) mass is 297 g/mol. The highest BCUT2D eigenvalue weighted by atomic mass is 35.5. The number of alkyl halides is 2. The molecule has 100 valence electrons. The Balaban J connectivity index is 0. The number of rotatable bonds is 7. The lowest BCUT2D eigenvalue weighted by atomic mass is 10.6. The highest BCUT2D eigenvalue weighted by molar-refractivity contribution is 7.85. The number of aliphatic hydroxyl groups is 1. The molecular weight excluding hydrogens is 281 g/mol. The van der Waals surface area contributed by atoms with Crippen LogP contribution in [0, 0.1) is 0 Å². The summed E-state index contributed by atoms with van der Waals surface area (Å²) in [6, 6.07) is 0. The molecule has 0 bridgehead atoms. The minimum absolute atomic E-state index is 0.0150. The van der Waals surface area contributed by atoms with Crippen LogP contribution in [0.15, 0.2) is 0 Å². The van der Waals surface area contributed by atoms with Crippen molar-refractivity contribution >= 4 is 33.3 Å². The van der Waals surface area contributed by atoms with Gasteiger partial charge in [-0.05, 0) is 0 Å². The molecular formula is C7H17Cl2NO5S. The van der Waals surface area contributed by atoms with Crippen molar-refractivity contribution in [1.82, 2.24) is 5.06 Å². The quantitative estimate of drug-likeness (QED) is 0.396. The molecule has 0 spiro atoms. The van der Waals surface area contributed by atoms with Crippen LogP contribution in [0.25, 0.3) is 0 Å². The zero-order valence-electron chi connectivity index (χ0n) is 8.97. The van der Waals surface area contributed by atoms with Gasteiger partial charge in [-0.2, -0.15) is 13.5 Å². The van der Waals surface area contributed by atoms with E-state index in [0.29, 0.717) is 37.7 Å². The molecule has 0 fully saturated rings. The van der Waals surface area contributed by atoms with Crippen LogP contribution < -0.4 is 0 Å². The summed E-state index contributed by atoms with van der Waals surface area (Å²) in [5.41, 5.74) is 0. The van der Waals surface area contributed by atoms with Gasteiger partial charge in [0.2, 0.25) is 0 Å². The zero-order chi connectivity index (χ0) is 13.0. The molecule has 16 heavy (non-hydrogen) atoms. The molecule has 0 aromatic heterocycles. The first kappa shape index (κ1) is 18.7. The highest BCUT2D eigenvalue weighted by Gasteiger charge is 2.01. The van der Waals surface area contributed by atoms with E-state index in [1.807, 2.05) is 0 Å². The largest absolute Gasteiger partial charge is 0.394 e. The smallest absolute Gasteiger partial charge is 0.261 e. The van der Waals surface area contributed by atoms with Gasteiger partial charge in [0.15, 0.2) is 0 Å². The van der Waals surface area contributed by atoms with E-state index in [4.69, 9.17) is 37.7 Å². The van der Waals surface area contributed by atoms with E-state index in [-0.39, 0.29) is 6.61 Å². The van der Waals surface area contributed by atoms with E-state index < -0.39 is 10.1 Å². The summed E-state index contributed by atoms with van der Waals surface area (Å²) in [5, 5.41) is 10.1. The third kappa shape index (κ3) is 23.9. The molecule has 0 atom stereocenters. The van der Waals surface area contributed by atoms with Crippen molar-refractivity contribution < 1.29 is 22.9 Å². The van der Waals surface area contributed by atoms with E-state index in [1.165, 1.54) is 0 Å². The van der Waals surface area contributed by atoms with Crippen LogP contribution in [0.4, 0.5) is 0 Å². The molecule has 0 amide bonds. The van der Waals surface area contributed by atoms with E-state index >= 15 is 0 Å². The minimum atomic E-state index is -3.67. The number of aliphatic hydroxyl groups excluding tert-OH is 1. The number of hydroxylamine groups is 2. The molecule has 0 saturated carbocycles. The van der Waals surface area contributed by atoms with Gasteiger partial charge in [-0.15, -0.1) is 23.2 Å². The topological polar surface area (TPSA) is 87.1 Å². The second kappa shape index (κ2) is 11.8. The first-order valence-electron chi connectivity index (χ1n) is 4.38. The minimum Gasteiger partial charge on any atom is -0.394 e. The fraction of sp³-hybridized carbons (Fsp3) is 1.00. The van der Waals surface area contributed by atoms with Crippen LogP contribution in [-0.2, 0) is 15.0 Å². The summed E-state index contributed by atoms with van der Waals surface area (Å²) >= 11 is 11.0. The molecule has 6 nitrogen and oxygen atoms in total. The van der Waals surface area contributed by atoms with E-state index in [9.17, 15) is 8.42 Å². The van der Waals surface area contributed by atoms with E-state index in [0.717, 1.165) is 0 Å². The lowest BCUT2D eigenvalue weighted by Gasteiger charge is -2.18. The van der Waals surface area contributed by atoms with Gasteiger partial charge < -0.3 is 5.11 Å². The van der Waals surface area contributed by atoms with Crippen LogP contribution >= 0.6 is 23.2 Å². The van der Waals surface area contributed by atoms with Gasteiger partial charge in [0.25, 0.3) is 10.1 Å². The van der Waals surface area contributed by atoms with E-state index in [1.54, 1.807) is 5.06 Å². The Bertz CT molecular complexity index is 223. The molecule has 0 rings (SSSR count). The van der Waals surface area contributed by atoms with Gasteiger partial charge in [0, 0.05) is 24.8 Å². The number of nitrogens with zero attached hydrogens (tertiary/aromatic N) is 1. The Morgan fingerprint density at radius 1 is 1.25 bits per heavy atom. The number of hydrogen-bond donors (Lipinski definition) is 2. The Morgan fingerprint density at radius 3 is 1.88 bits per heavy atom. The molecule has 0 aromatic rings. The van der Waals surface area contributed by atoms with Crippen molar-refractivity contribution in [3.63, 3.8) is 0 Å². The second-order valence-electron chi connectivity index (χ2n) is 2.60. The van der Waals surface area contributed by atoms with Gasteiger partial charge in [0.05, 0.1) is 19.5 Å². The fourth-order valence-electron chi connectivity index (χ4n) is 0.599. The SMILES string of the molecule is CS(=O)(=O)O.OCCON(CCCl)CCCl. The first-order valence-corrected chi connectivity index (χ1v) is 7.30. The first-order chi connectivity index (χ1) is 7.35. The average Bonchev–Trinajstić information content (AvgIpc) is 2.12. The number of halogens is 2. The molecule has 2 N–H and O–H groups in total. The molecule has 0 saturated heterocycles. The Hall–Kier alpha value is 0.370. The predicted octanol–water partition coefficient (Wildman–Crippen LogP) is 0.194. The van der Waals surface area contributed by atoms with Gasteiger partial charge >= 0.3 is 0 Å². The Kier molecular flexibility index (Phi) is 13.9. The Labute approximate surface area is 106 Å². The summed E-state index contributed by atoms with van der Waals surface area (Å²) < 4.78 is 25.9. The lowest BCUT2D eigenvalue weighted by molar-refractivity contribution is -0.158. The lowest BCUT2D eigenvalue weighted by Crippen LogP contribution is -2.29. The van der Waals surface area contributed by atoms with Crippen LogP contribution in [0.1, 0.15) is 0 Å². The molecule has 0 heterocycles. The van der Waals surface area contributed by atoms with Gasteiger partial charge in [0.1, 0.15) is 0 Å². The van der Waals surface area contributed by atoms with Crippen molar-refractivity contribution in [1.29, 1.82) is 0 Å². The normalized spacial score (nSPS) is 11.1. The fourth-order valence-corrected chi connectivity index (χ4v) is 0.976. The maximum absolute atomic E-state index is 9.19. The molecule has 0 aliphatic carbocycles. The van der Waals surface area contributed by atoms with Crippen molar-refractivity contribution in [2.75, 3.05) is 44.3 Å². The molecule has 0 aliphatic heterocycles.